The van der Waals surface area contributed by atoms with E-state index in [0.717, 1.165) is 26.2 Å². The van der Waals surface area contributed by atoms with Gasteiger partial charge in [-0.15, -0.1) is 0 Å². The highest BCUT2D eigenvalue weighted by Gasteiger charge is 2.16. The van der Waals surface area contributed by atoms with Crippen LogP contribution in [0, 0.1) is 0 Å². The van der Waals surface area contributed by atoms with Crippen LogP contribution in [0.15, 0.2) is 47.4 Å². The number of benzene rings is 2. The van der Waals surface area contributed by atoms with Gasteiger partial charge in [-0.05, 0) is 66.8 Å². The predicted molar refractivity (Wildman–Crippen MR) is 93.9 cm³/mol. The largest absolute Gasteiger partial charge is 0.322 e. The van der Waals surface area contributed by atoms with Gasteiger partial charge >= 0.3 is 0 Å². The normalized spacial score (nSPS) is 13.2. The van der Waals surface area contributed by atoms with Crippen LogP contribution in [0.3, 0.4) is 0 Å². The molecule has 0 aromatic heterocycles. The molecule has 0 bridgehead atoms. The van der Waals surface area contributed by atoms with Gasteiger partial charge < -0.3 is 5.32 Å². The zero-order valence-corrected chi connectivity index (χ0v) is 14.5. The number of fused-ring (bicyclic) bond motifs is 1. The first-order chi connectivity index (χ1) is 11.8. The molecule has 2 aromatic carbocycles. The van der Waals surface area contributed by atoms with Crippen LogP contribution in [0.1, 0.15) is 34.8 Å². The third-order valence-corrected chi connectivity index (χ3v) is 5.51. The predicted octanol–water partition coefficient (Wildman–Crippen LogP) is 2.25. The van der Waals surface area contributed by atoms with Crippen LogP contribution < -0.4 is 10.0 Å². The van der Waals surface area contributed by atoms with Gasteiger partial charge in [0.15, 0.2) is 0 Å². The zero-order chi connectivity index (χ0) is 18.0. The molecule has 0 aliphatic heterocycles. The summed E-state index contributed by atoms with van der Waals surface area (Å²) in [5.41, 5.74) is 3.57. The van der Waals surface area contributed by atoms with E-state index in [1.807, 2.05) is 16.9 Å². The zero-order valence-electron chi connectivity index (χ0n) is 13.7. The molecule has 0 fully saturated rings. The van der Waals surface area contributed by atoms with E-state index in [-0.39, 0.29) is 10.8 Å². The summed E-state index contributed by atoms with van der Waals surface area (Å²) < 4.78 is 25.7. The number of anilines is 1. The number of aryl methyl sites for hydroxylation is 2. The lowest BCUT2D eigenvalue weighted by molar-refractivity contribution is -0.117. The number of amides is 2. The van der Waals surface area contributed by atoms with Gasteiger partial charge in [0.1, 0.15) is 0 Å². The molecule has 7 heteroatoms. The fourth-order valence-electron chi connectivity index (χ4n) is 2.88. The molecule has 0 unspecified atom stereocenters. The van der Waals surface area contributed by atoms with Gasteiger partial charge in [0.25, 0.3) is 15.9 Å². The molecular formula is C18H18N2O4S. The average Bonchev–Trinajstić information content (AvgIpc) is 3.01. The fourth-order valence-corrected chi connectivity index (χ4v) is 3.87. The highest BCUT2D eigenvalue weighted by molar-refractivity contribution is 7.90. The first kappa shape index (κ1) is 17.2. The lowest BCUT2D eigenvalue weighted by Gasteiger charge is -2.09. The van der Waals surface area contributed by atoms with Crippen molar-refractivity contribution in [3.63, 3.8) is 0 Å². The lowest BCUT2D eigenvalue weighted by atomic mass is 10.1. The van der Waals surface area contributed by atoms with E-state index in [4.69, 9.17) is 0 Å². The number of carbonyl (C=O) groups excluding carboxylic acids is 2. The molecule has 130 valence electrons. The Labute approximate surface area is 146 Å². The Morgan fingerprint density at radius 2 is 1.64 bits per heavy atom. The van der Waals surface area contributed by atoms with E-state index < -0.39 is 15.9 Å². The van der Waals surface area contributed by atoms with E-state index in [1.54, 1.807) is 6.07 Å². The van der Waals surface area contributed by atoms with Crippen molar-refractivity contribution in [2.75, 3.05) is 5.32 Å². The number of nitrogens with one attached hydrogen (secondary N) is 2. The number of hydrogen-bond donors (Lipinski definition) is 2. The molecule has 2 amide bonds. The molecule has 2 aromatic rings. The second-order valence-electron chi connectivity index (χ2n) is 5.98. The molecule has 1 aliphatic rings. The van der Waals surface area contributed by atoms with E-state index in [2.05, 4.69) is 5.32 Å². The van der Waals surface area contributed by atoms with Crippen LogP contribution in [0.25, 0.3) is 0 Å². The van der Waals surface area contributed by atoms with Gasteiger partial charge in [0.05, 0.1) is 4.90 Å². The Hall–Kier alpha value is -2.67. The first-order valence-electron chi connectivity index (χ1n) is 7.92. The van der Waals surface area contributed by atoms with Crippen molar-refractivity contribution in [2.45, 2.75) is 31.1 Å². The van der Waals surface area contributed by atoms with Crippen LogP contribution in [0.4, 0.5) is 5.69 Å². The maximum Gasteiger partial charge on any atom is 0.264 e. The summed E-state index contributed by atoms with van der Waals surface area (Å²) in [6.07, 6.45) is 3.16. The third kappa shape index (κ3) is 3.88. The van der Waals surface area contributed by atoms with Crippen LogP contribution in [-0.4, -0.2) is 20.2 Å². The van der Waals surface area contributed by atoms with Gasteiger partial charge in [0.2, 0.25) is 5.91 Å². The summed E-state index contributed by atoms with van der Waals surface area (Å²) in [5, 5.41) is 2.75. The second kappa shape index (κ2) is 6.68. The molecule has 0 saturated heterocycles. The molecule has 2 N–H and O–H groups in total. The third-order valence-electron chi connectivity index (χ3n) is 4.06. The summed E-state index contributed by atoms with van der Waals surface area (Å²) in [5.74, 6) is -0.902. The van der Waals surface area contributed by atoms with Gasteiger partial charge in [-0.1, -0.05) is 6.07 Å². The minimum absolute atomic E-state index is 0.0433. The minimum atomic E-state index is -3.88. The molecule has 0 heterocycles. The molecule has 0 spiro atoms. The molecule has 0 saturated carbocycles. The van der Waals surface area contributed by atoms with Crippen LogP contribution in [0.5, 0.6) is 0 Å². The smallest absolute Gasteiger partial charge is 0.264 e. The van der Waals surface area contributed by atoms with Gasteiger partial charge in [0, 0.05) is 18.2 Å². The molecule has 0 atom stereocenters. The summed E-state index contributed by atoms with van der Waals surface area (Å²) >= 11 is 0. The molecule has 1 aliphatic carbocycles. The van der Waals surface area contributed by atoms with E-state index >= 15 is 0 Å². The van der Waals surface area contributed by atoms with Gasteiger partial charge in [-0.2, -0.15) is 0 Å². The summed E-state index contributed by atoms with van der Waals surface area (Å²) in [6, 6.07) is 11.3. The Morgan fingerprint density at radius 3 is 2.32 bits per heavy atom. The SMILES string of the molecule is CC(=O)NS(=O)(=O)c1ccc(NC(=O)c2ccc3c(c2)CCC3)cc1. The summed E-state index contributed by atoms with van der Waals surface area (Å²) in [4.78, 5) is 23.2. The Kier molecular flexibility index (Phi) is 4.59. The monoisotopic (exact) mass is 358 g/mol. The first-order valence-corrected chi connectivity index (χ1v) is 9.40. The fraction of sp³-hybridized carbons (Fsp3) is 0.222. The van der Waals surface area contributed by atoms with Crippen LogP contribution in [0.2, 0.25) is 0 Å². The van der Waals surface area contributed by atoms with Gasteiger partial charge in [-0.25, -0.2) is 13.1 Å². The second-order valence-corrected chi connectivity index (χ2v) is 7.66. The lowest BCUT2D eigenvalue weighted by Crippen LogP contribution is -2.28. The Bertz CT molecular complexity index is 934. The Morgan fingerprint density at radius 1 is 0.960 bits per heavy atom. The Balaban J connectivity index is 1.73. The van der Waals surface area contributed by atoms with Crippen LogP contribution >= 0.6 is 0 Å². The van der Waals surface area contributed by atoms with E-state index in [1.165, 1.54) is 35.4 Å². The number of carbonyl (C=O) groups is 2. The number of hydrogen-bond acceptors (Lipinski definition) is 4. The minimum Gasteiger partial charge on any atom is -0.322 e. The molecule has 25 heavy (non-hydrogen) atoms. The standard InChI is InChI=1S/C18H18N2O4S/c1-12(21)20-25(23,24)17-9-7-16(8-10-17)19-18(22)15-6-5-13-3-2-4-14(13)11-15/h5-11H,2-4H2,1H3,(H,19,22)(H,20,21). The topological polar surface area (TPSA) is 92.3 Å². The summed E-state index contributed by atoms with van der Waals surface area (Å²) in [7, 11) is -3.88. The van der Waals surface area contributed by atoms with Gasteiger partial charge in [-0.3, -0.25) is 9.59 Å². The van der Waals surface area contributed by atoms with Crippen molar-refractivity contribution in [2.24, 2.45) is 0 Å². The van der Waals surface area contributed by atoms with Crippen molar-refractivity contribution in [3.8, 4) is 0 Å². The van der Waals surface area contributed by atoms with Crippen molar-refractivity contribution < 1.29 is 18.0 Å². The van der Waals surface area contributed by atoms with Crippen molar-refractivity contribution in [1.29, 1.82) is 0 Å². The average molecular weight is 358 g/mol. The number of sulfonamides is 1. The summed E-state index contributed by atoms with van der Waals surface area (Å²) in [6.45, 7) is 1.13. The van der Waals surface area contributed by atoms with Crippen molar-refractivity contribution in [3.05, 3.63) is 59.2 Å². The molecule has 3 rings (SSSR count). The maximum atomic E-state index is 12.4. The molecule has 6 nitrogen and oxygen atoms in total. The molecular weight excluding hydrogens is 340 g/mol. The number of rotatable bonds is 4. The van der Waals surface area contributed by atoms with Crippen molar-refractivity contribution in [1.82, 2.24) is 4.72 Å². The highest BCUT2D eigenvalue weighted by atomic mass is 32.2. The maximum absolute atomic E-state index is 12.4. The highest BCUT2D eigenvalue weighted by Crippen LogP contribution is 2.23. The van der Waals surface area contributed by atoms with Crippen molar-refractivity contribution >= 4 is 27.5 Å². The van der Waals surface area contributed by atoms with Crippen LogP contribution in [-0.2, 0) is 27.7 Å². The molecule has 0 radical (unpaired) electrons. The van der Waals surface area contributed by atoms with E-state index in [0.29, 0.717) is 11.3 Å². The quantitative estimate of drug-likeness (QED) is 0.877. The van der Waals surface area contributed by atoms with E-state index in [9.17, 15) is 18.0 Å².